The lowest BCUT2D eigenvalue weighted by atomic mass is 10.2. The second-order valence-electron chi connectivity index (χ2n) is 5.23. The zero-order valence-corrected chi connectivity index (χ0v) is 11.7. The summed E-state index contributed by atoms with van der Waals surface area (Å²) in [4.78, 5) is 2.27. The number of likely N-dealkylation sites (N-methyl/N-ethyl adjacent to an activating group) is 1. The van der Waals surface area contributed by atoms with Crippen LogP contribution >= 0.6 is 0 Å². The number of nitrogens with zero attached hydrogens (tertiary/aromatic N) is 2. The average molecular weight is 275 g/mol. The van der Waals surface area contributed by atoms with Crippen LogP contribution in [0.5, 0.6) is 5.75 Å². The molecule has 5 nitrogen and oxygen atoms in total. The van der Waals surface area contributed by atoms with Crippen LogP contribution in [0.1, 0.15) is 12.0 Å². The van der Waals surface area contributed by atoms with Gasteiger partial charge < -0.3 is 20.1 Å². The maximum absolute atomic E-state index is 9.92. The Balaban J connectivity index is 1.72. The maximum atomic E-state index is 9.92. The fourth-order valence-corrected chi connectivity index (χ4v) is 2.33. The van der Waals surface area contributed by atoms with E-state index in [4.69, 9.17) is 10.00 Å². The summed E-state index contributed by atoms with van der Waals surface area (Å²) in [5, 5.41) is 22.2. The first kappa shape index (κ1) is 14.8. The summed E-state index contributed by atoms with van der Waals surface area (Å²) in [5.74, 6) is 0.523. The number of para-hydroxylation sites is 1. The Morgan fingerprint density at radius 1 is 1.55 bits per heavy atom. The molecule has 0 radical (unpaired) electrons. The molecule has 1 saturated heterocycles. The molecule has 0 amide bonds. The van der Waals surface area contributed by atoms with Crippen LogP contribution in [-0.4, -0.2) is 55.4 Å². The third-order valence-electron chi connectivity index (χ3n) is 3.47. The van der Waals surface area contributed by atoms with Crippen LogP contribution in [0.15, 0.2) is 24.3 Å². The fourth-order valence-electron chi connectivity index (χ4n) is 2.33. The SMILES string of the molecule is CN1CCC(NCC(O)COc2ccccc2C#N)C1. The molecular formula is C15H21N3O2. The van der Waals surface area contributed by atoms with Gasteiger partial charge in [-0.2, -0.15) is 5.26 Å². The van der Waals surface area contributed by atoms with Crippen molar-refractivity contribution in [3.8, 4) is 11.8 Å². The van der Waals surface area contributed by atoms with E-state index in [2.05, 4.69) is 23.3 Å². The molecular weight excluding hydrogens is 254 g/mol. The van der Waals surface area contributed by atoms with Crippen LogP contribution in [0.25, 0.3) is 0 Å². The van der Waals surface area contributed by atoms with Crippen LogP contribution in [0.2, 0.25) is 0 Å². The van der Waals surface area contributed by atoms with Gasteiger partial charge in [-0.05, 0) is 32.1 Å². The summed E-state index contributed by atoms with van der Waals surface area (Å²) >= 11 is 0. The molecule has 0 aliphatic carbocycles. The Bertz CT molecular complexity index is 472. The van der Waals surface area contributed by atoms with Crippen molar-refractivity contribution in [1.29, 1.82) is 5.26 Å². The highest BCUT2D eigenvalue weighted by Crippen LogP contribution is 2.16. The summed E-state index contributed by atoms with van der Waals surface area (Å²) in [7, 11) is 2.10. The summed E-state index contributed by atoms with van der Waals surface area (Å²) < 4.78 is 5.50. The lowest BCUT2D eigenvalue weighted by molar-refractivity contribution is 0.103. The number of hydrogen-bond donors (Lipinski definition) is 2. The van der Waals surface area contributed by atoms with Crippen molar-refractivity contribution in [2.75, 3.05) is 33.3 Å². The quantitative estimate of drug-likeness (QED) is 0.795. The molecule has 2 rings (SSSR count). The number of aliphatic hydroxyl groups excluding tert-OH is 1. The highest BCUT2D eigenvalue weighted by Gasteiger charge is 2.19. The Morgan fingerprint density at radius 2 is 2.35 bits per heavy atom. The molecule has 1 aliphatic rings. The second-order valence-corrected chi connectivity index (χ2v) is 5.23. The maximum Gasteiger partial charge on any atom is 0.137 e. The van der Waals surface area contributed by atoms with Crippen molar-refractivity contribution in [2.24, 2.45) is 0 Å². The second kappa shape index (κ2) is 7.25. The van der Waals surface area contributed by atoms with E-state index in [1.807, 2.05) is 6.07 Å². The fraction of sp³-hybridized carbons (Fsp3) is 0.533. The van der Waals surface area contributed by atoms with Gasteiger partial charge in [-0.1, -0.05) is 12.1 Å². The number of hydrogen-bond acceptors (Lipinski definition) is 5. The van der Waals surface area contributed by atoms with Gasteiger partial charge in [0.15, 0.2) is 0 Å². The predicted molar refractivity (Wildman–Crippen MR) is 76.6 cm³/mol. The molecule has 2 atom stereocenters. The van der Waals surface area contributed by atoms with E-state index in [0.717, 1.165) is 19.5 Å². The van der Waals surface area contributed by atoms with Gasteiger partial charge in [0.1, 0.15) is 24.5 Å². The molecule has 0 bridgehead atoms. The first-order valence-electron chi connectivity index (χ1n) is 6.91. The van der Waals surface area contributed by atoms with Crippen LogP contribution < -0.4 is 10.1 Å². The molecule has 0 aromatic heterocycles. The van der Waals surface area contributed by atoms with E-state index in [1.165, 1.54) is 0 Å². The van der Waals surface area contributed by atoms with Crippen molar-refractivity contribution >= 4 is 0 Å². The Morgan fingerprint density at radius 3 is 3.05 bits per heavy atom. The molecule has 1 heterocycles. The molecule has 20 heavy (non-hydrogen) atoms. The third-order valence-corrected chi connectivity index (χ3v) is 3.47. The van der Waals surface area contributed by atoms with Crippen LogP contribution in [0, 0.1) is 11.3 Å². The molecule has 2 N–H and O–H groups in total. The van der Waals surface area contributed by atoms with Crippen molar-refractivity contribution in [3.63, 3.8) is 0 Å². The molecule has 1 aromatic rings. The third kappa shape index (κ3) is 4.20. The molecule has 1 aliphatic heterocycles. The molecule has 0 saturated carbocycles. The van der Waals surface area contributed by atoms with Gasteiger partial charge in [0, 0.05) is 19.1 Å². The number of rotatable bonds is 6. The van der Waals surface area contributed by atoms with Crippen LogP contribution in [-0.2, 0) is 0 Å². The summed E-state index contributed by atoms with van der Waals surface area (Å²) in [5.41, 5.74) is 0.491. The van der Waals surface area contributed by atoms with Crippen molar-refractivity contribution < 1.29 is 9.84 Å². The normalized spacial score (nSPS) is 20.6. The Labute approximate surface area is 119 Å². The zero-order valence-electron chi connectivity index (χ0n) is 11.7. The number of aliphatic hydroxyl groups is 1. The van der Waals surface area contributed by atoms with E-state index >= 15 is 0 Å². The number of nitrogens with one attached hydrogen (secondary N) is 1. The smallest absolute Gasteiger partial charge is 0.137 e. The summed E-state index contributed by atoms with van der Waals surface area (Å²) in [6.07, 6.45) is 0.536. The molecule has 1 aromatic carbocycles. The van der Waals surface area contributed by atoms with Gasteiger partial charge in [-0.3, -0.25) is 0 Å². The standard InChI is InChI=1S/C15H21N3O2/c1-18-7-6-13(10-18)17-9-14(19)11-20-15-5-3-2-4-12(15)8-16/h2-5,13-14,17,19H,6-7,9-11H2,1H3. The van der Waals surface area contributed by atoms with E-state index in [0.29, 0.717) is 23.9 Å². The van der Waals surface area contributed by atoms with Gasteiger partial charge in [-0.15, -0.1) is 0 Å². The molecule has 1 fully saturated rings. The minimum absolute atomic E-state index is 0.189. The van der Waals surface area contributed by atoms with Crippen molar-refractivity contribution in [2.45, 2.75) is 18.6 Å². The first-order valence-corrected chi connectivity index (χ1v) is 6.91. The van der Waals surface area contributed by atoms with Crippen LogP contribution in [0.3, 0.4) is 0 Å². The molecule has 108 valence electrons. The zero-order chi connectivity index (χ0) is 14.4. The van der Waals surface area contributed by atoms with Crippen LogP contribution in [0.4, 0.5) is 0 Å². The van der Waals surface area contributed by atoms with E-state index in [-0.39, 0.29) is 6.61 Å². The highest BCUT2D eigenvalue weighted by molar-refractivity contribution is 5.42. The Kier molecular flexibility index (Phi) is 5.36. The predicted octanol–water partition coefficient (Wildman–Crippen LogP) is 0.592. The van der Waals surface area contributed by atoms with E-state index in [9.17, 15) is 5.11 Å². The van der Waals surface area contributed by atoms with E-state index in [1.54, 1.807) is 18.2 Å². The van der Waals surface area contributed by atoms with Gasteiger partial charge in [0.2, 0.25) is 0 Å². The summed E-state index contributed by atoms with van der Waals surface area (Å²) in [6.45, 7) is 2.81. The van der Waals surface area contributed by atoms with Gasteiger partial charge in [0.05, 0.1) is 5.56 Å². The lowest BCUT2D eigenvalue weighted by Crippen LogP contribution is -2.39. The summed E-state index contributed by atoms with van der Waals surface area (Å²) in [6, 6.07) is 9.57. The minimum Gasteiger partial charge on any atom is -0.489 e. The largest absolute Gasteiger partial charge is 0.489 e. The number of likely N-dealkylation sites (tertiary alicyclic amines) is 1. The monoisotopic (exact) mass is 275 g/mol. The number of benzene rings is 1. The number of ether oxygens (including phenoxy) is 1. The Hall–Kier alpha value is -1.61. The van der Waals surface area contributed by atoms with Gasteiger partial charge >= 0.3 is 0 Å². The lowest BCUT2D eigenvalue weighted by Gasteiger charge is -2.17. The molecule has 0 spiro atoms. The molecule has 5 heteroatoms. The first-order chi connectivity index (χ1) is 9.69. The van der Waals surface area contributed by atoms with Crippen molar-refractivity contribution in [3.05, 3.63) is 29.8 Å². The highest BCUT2D eigenvalue weighted by atomic mass is 16.5. The van der Waals surface area contributed by atoms with Crippen molar-refractivity contribution in [1.82, 2.24) is 10.2 Å². The average Bonchev–Trinajstić information content (AvgIpc) is 2.89. The number of nitriles is 1. The molecule has 2 unspecified atom stereocenters. The minimum atomic E-state index is -0.576. The topological polar surface area (TPSA) is 68.5 Å². The van der Waals surface area contributed by atoms with Gasteiger partial charge in [0.25, 0.3) is 0 Å². The van der Waals surface area contributed by atoms with Gasteiger partial charge in [-0.25, -0.2) is 0 Å². The van der Waals surface area contributed by atoms with E-state index < -0.39 is 6.10 Å².